The Hall–Kier alpha value is -0.0800. The van der Waals surface area contributed by atoms with Crippen LogP contribution in [0.15, 0.2) is 0 Å². The summed E-state index contributed by atoms with van der Waals surface area (Å²) in [7, 11) is 4.53. The first-order valence-electron chi connectivity index (χ1n) is 6.05. The Morgan fingerprint density at radius 1 is 1.14 bits per heavy atom. The Labute approximate surface area is 89.3 Å². The molecule has 1 saturated heterocycles. The molecule has 0 unspecified atom stereocenters. The fourth-order valence-corrected chi connectivity index (χ4v) is 2.43. The predicted octanol–water partition coefficient (Wildman–Crippen LogP) is 2.20. The van der Waals surface area contributed by atoms with Gasteiger partial charge in [0, 0.05) is 25.2 Å². The van der Waals surface area contributed by atoms with Crippen molar-refractivity contribution in [3.05, 3.63) is 0 Å². The molecule has 1 aliphatic rings. The largest absolute Gasteiger partial charge is 0.303 e. The number of hydrogen-bond acceptors (Lipinski definition) is 2. The molecule has 0 aromatic carbocycles. The Kier molecular flexibility index (Phi) is 4.90. The highest BCUT2D eigenvalue weighted by Gasteiger charge is 2.26. The van der Waals surface area contributed by atoms with Gasteiger partial charge in [-0.05, 0) is 27.4 Å². The summed E-state index contributed by atoms with van der Waals surface area (Å²) in [5.41, 5.74) is 0. The number of hydrogen-bond donors (Lipinski definition) is 0. The van der Waals surface area contributed by atoms with Crippen LogP contribution in [0.4, 0.5) is 0 Å². The topological polar surface area (TPSA) is 6.48 Å². The summed E-state index contributed by atoms with van der Waals surface area (Å²) in [6.07, 6.45) is 5.50. The third-order valence-electron chi connectivity index (χ3n) is 3.51. The van der Waals surface area contributed by atoms with Crippen LogP contribution in [0.3, 0.4) is 0 Å². The summed E-state index contributed by atoms with van der Waals surface area (Å²) in [6.45, 7) is 7.09. The lowest BCUT2D eigenvalue weighted by Gasteiger charge is -2.42. The van der Waals surface area contributed by atoms with Crippen molar-refractivity contribution in [1.82, 2.24) is 9.80 Å². The van der Waals surface area contributed by atoms with E-state index in [0.717, 1.165) is 12.1 Å². The number of nitrogens with zero attached hydrogens (tertiary/aromatic N) is 2. The van der Waals surface area contributed by atoms with E-state index in [1.807, 2.05) is 0 Å². The lowest BCUT2D eigenvalue weighted by Crippen LogP contribution is -2.54. The van der Waals surface area contributed by atoms with Crippen LogP contribution >= 0.6 is 0 Å². The molecule has 84 valence electrons. The first kappa shape index (κ1) is 12.0. The molecular weight excluding hydrogens is 172 g/mol. The van der Waals surface area contributed by atoms with Gasteiger partial charge in [-0.3, -0.25) is 4.90 Å². The van der Waals surface area contributed by atoms with Crippen molar-refractivity contribution < 1.29 is 0 Å². The van der Waals surface area contributed by atoms with Crippen molar-refractivity contribution in [2.45, 2.75) is 51.6 Å². The van der Waals surface area contributed by atoms with Gasteiger partial charge < -0.3 is 4.90 Å². The third kappa shape index (κ3) is 3.25. The van der Waals surface area contributed by atoms with E-state index in [2.05, 4.69) is 37.7 Å². The van der Waals surface area contributed by atoms with Crippen LogP contribution in [-0.2, 0) is 0 Å². The zero-order chi connectivity index (χ0) is 10.6. The van der Waals surface area contributed by atoms with Crippen molar-refractivity contribution >= 4 is 0 Å². The number of rotatable bonds is 4. The van der Waals surface area contributed by atoms with E-state index in [1.54, 1.807) is 0 Å². The molecule has 0 aromatic rings. The maximum Gasteiger partial charge on any atom is 0.0223 e. The van der Waals surface area contributed by atoms with Crippen LogP contribution in [0.1, 0.15) is 39.5 Å². The molecule has 2 heteroatoms. The summed E-state index contributed by atoms with van der Waals surface area (Å²) in [5, 5.41) is 0. The van der Waals surface area contributed by atoms with Gasteiger partial charge in [0.2, 0.25) is 0 Å². The maximum atomic E-state index is 2.57. The van der Waals surface area contributed by atoms with Gasteiger partial charge in [-0.2, -0.15) is 0 Å². The predicted molar refractivity (Wildman–Crippen MR) is 62.7 cm³/mol. The average Bonchev–Trinajstić information content (AvgIpc) is 2.13. The first-order chi connectivity index (χ1) is 6.65. The zero-order valence-corrected chi connectivity index (χ0v) is 10.3. The summed E-state index contributed by atoms with van der Waals surface area (Å²) in [5.74, 6) is 0. The van der Waals surface area contributed by atoms with E-state index in [1.165, 1.54) is 38.8 Å². The molecule has 0 amide bonds. The number of likely N-dealkylation sites (N-methyl/N-ethyl adjacent to an activating group) is 2. The monoisotopic (exact) mass is 198 g/mol. The first-order valence-corrected chi connectivity index (χ1v) is 6.05. The molecule has 0 spiro atoms. The summed E-state index contributed by atoms with van der Waals surface area (Å²) < 4.78 is 0. The SMILES string of the molecule is CCCCC[C@@H]1CN(C)C[C@H](C)N1C. The molecule has 0 radical (unpaired) electrons. The van der Waals surface area contributed by atoms with Crippen molar-refractivity contribution in [3.8, 4) is 0 Å². The van der Waals surface area contributed by atoms with E-state index in [-0.39, 0.29) is 0 Å². The molecule has 0 N–H and O–H groups in total. The Bertz CT molecular complexity index is 158. The minimum Gasteiger partial charge on any atom is -0.303 e. The van der Waals surface area contributed by atoms with E-state index < -0.39 is 0 Å². The van der Waals surface area contributed by atoms with Gasteiger partial charge in [-0.25, -0.2) is 0 Å². The minimum absolute atomic E-state index is 0.723. The summed E-state index contributed by atoms with van der Waals surface area (Å²) in [6, 6.07) is 1.51. The van der Waals surface area contributed by atoms with Gasteiger partial charge in [0.25, 0.3) is 0 Å². The minimum atomic E-state index is 0.723. The fourth-order valence-electron chi connectivity index (χ4n) is 2.43. The molecule has 0 bridgehead atoms. The second-order valence-corrected chi connectivity index (χ2v) is 4.89. The molecule has 2 atom stereocenters. The van der Waals surface area contributed by atoms with Crippen LogP contribution < -0.4 is 0 Å². The Morgan fingerprint density at radius 3 is 2.50 bits per heavy atom. The maximum absolute atomic E-state index is 2.57. The highest BCUT2D eigenvalue weighted by Crippen LogP contribution is 2.17. The van der Waals surface area contributed by atoms with E-state index >= 15 is 0 Å². The number of piperazine rings is 1. The van der Waals surface area contributed by atoms with Crippen molar-refractivity contribution in [3.63, 3.8) is 0 Å². The van der Waals surface area contributed by atoms with E-state index in [4.69, 9.17) is 0 Å². The molecule has 0 aromatic heterocycles. The molecule has 1 rings (SSSR count). The smallest absolute Gasteiger partial charge is 0.0223 e. The van der Waals surface area contributed by atoms with Gasteiger partial charge in [-0.1, -0.05) is 26.2 Å². The molecule has 0 aliphatic carbocycles. The lowest BCUT2D eigenvalue weighted by atomic mass is 10.0. The van der Waals surface area contributed by atoms with Crippen LogP contribution in [-0.4, -0.2) is 49.1 Å². The van der Waals surface area contributed by atoms with Gasteiger partial charge in [-0.15, -0.1) is 0 Å². The Morgan fingerprint density at radius 2 is 1.86 bits per heavy atom. The van der Waals surface area contributed by atoms with Crippen LogP contribution in [0, 0.1) is 0 Å². The van der Waals surface area contributed by atoms with E-state index in [0.29, 0.717) is 0 Å². The van der Waals surface area contributed by atoms with Crippen molar-refractivity contribution in [2.75, 3.05) is 27.2 Å². The summed E-state index contributed by atoms with van der Waals surface area (Å²) in [4.78, 5) is 5.04. The molecular formula is C12H26N2. The average molecular weight is 198 g/mol. The number of unbranched alkanes of at least 4 members (excludes halogenated alkanes) is 2. The van der Waals surface area contributed by atoms with Gasteiger partial charge in [0.15, 0.2) is 0 Å². The van der Waals surface area contributed by atoms with E-state index in [9.17, 15) is 0 Å². The highest BCUT2D eigenvalue weighted by molar-refractivity contribution is 4.83. The molecule has 1 aliphatic heterocycles. The molecule has 1 fully saturated rings. The van der Waals surface area contributed by atoms with Crippen LogP contribution in [0.2, 0.25) is 0 Å². The van der Waals surface area contributed by atoms with Crippen molar-refractivity contribution in [1.29, 1.82) is 0 Å². The highest BCUT2D eigenvalue weighted by atomic mass is 15.3. The summed E-state index contributed by atoms with van der Waals surface area (Å²) >= 11 is 0. The van der Waals surface area contributed by atoms with Crippen LogP contribution in [0.5, 0.6) is 0 Å². The molecule has 2 nitrogen and oxygen atoms in total. The molecule has 0 saturated carbocycles. The van der Waals surface area contributed by atoms with Gasteiger partial charge in [0.1, 0.15) is 0 Å². The van der Waals surface area contributed by atoms with Crippen LogP contribution in [0.25, 0.3) is 0 Å². The fraction of sp³-hybridized carbons (Fsp3) is 1.00. The molecule has 14 heavy (non-hydrogen) atoms. The lowest BCUT2D eigenvalue weighted by molar-refractivity contribution is 0.0608. The second-order valence-electron chi connectivity index (χ2n) is 4.89. The van der Waals surface area contributed by atoms with Crippen molar-refractivity contribution in [2.24, 2.45) is 0 Å². The Balaban J connectivity index is 2.33. The van der Waals surface area contributed by atoms with Gasteiger partial charge in [0.05, 0.1) is 0 Å². The van der Waals surface area contributed by atoms with Gasteiger partial charge >= 0.3 is 0 Å². The third-order valence-corrected chi connectivity index (χ3v) is 3.51. The quantitative estimate of drug-likeness (QED) is 0.639. The standard InChI is InChI=1S/C12H26N2/c1-5-6-7-8-12-10-13(3)9-11(2)14(12)4/h11-12H,5-10H2,1-4H3/t11-,12+/m0/s1. The normalized spacial score (nSPS) is 30.9. The molecule has 1 heterocycles. The zero-order valence-electron chi connectivity index (χ0n) is 10.3. The second kappa shape index (κ2) is 5.72.